The first-order valence-electron chi connectivity index (χ1n) is 8.75. The third-order valence-electron chi connectivity index (χ3n) is 4.09. The van der Waals surface area contributed by atoms with Crippen LogP contribution in [0.2, 0.25) is 5.02 Å². The van der Waals surface area contributed by atoms with Gasteiger partial charge >= 0.3 is 0 Å². The molecule has 1 amide bonds. The maximum Gasteiger partial charge on any atom is 0.267 e. The third-order valence-corrected chi connectivity index (χ3v) is 6.19. The third kappa shape index (κ3) is 5.74. The molecule has 0 fully saturated rings. The van der Waals surface area contributed by atoms with E-state index in [0.29, 0.717) is 28.3 Å². The van der Waals surface area contributed by atoms with Gasteiger partial charge in [0.05, 0.1) is 24.8 Å². The van der Waals surface area contributed by atoms with E-state index >= 15 is 0 Å². The zero-order valence-electron chi connectivity index (χ0n) is 16.6. The Morgan fingerprint density at radius 3 is 2.53 bits per heavy atom. The number of rotatable bonds is 8. The van der Waals surface area contributed by atoms with Crippen molar-refractivity contribution in [3.8, 4) is 11.5 Å². The first kappa shape index (κ1) is 23.7. The second-order valence-electron chi connectivity index (χ2n) is 6.00. The number of benzene rings is 2. The number of halogens is 1. The van der Waals surface area contributed by atoms with Gasteiger partial charge in [0.1, 0.15) is 16.4 Å². The van der Waals surface area contributed by atoms with Gasteiger partial charge < -0.3 is 20.1 Å². The van der Waals surface area contributed by atoms with Crippen LogP contribution in [0.15, 0.2) is 41.3 Å². The van der Waals surface area contributed by atoms with Crippen molar-refractivity contribution in [1.29, 1.82) is 0 Å². The van der Waals surface area contributed by atoms with E-state index in [4.69, 9.17) is 33.3 Å². The monoisotopic (exact) mass is 471 g/mol. The zero-order chi connectivity index (χ0) is 22.3. The van der Waals surface area contributed by atoms with Crippen LogP contribution in [0.1, 0.15) is 15.9 Å². The van der Waals surface area contributed by atoms with Gasteiger partial charge in [-0.3, -0.25) is 9.52 Å². The fraction of sp³-hybridized carbons (Fsp3) is 0.263. The van der Waals surface area contributed by atoms with Gasteiger partial charge in [-0.15, -0.1) is 0 Å². The molecule has 3 N–H and O–H groups in total. The van der Waals surface area contributed by atoms with E-state index in [2.05, 4.69) is 15.4 Å². The Bertz CT molecular complexity index is 1040. The second-order valence-corrected chi connectivity index (χ2v) is 8.46. The quantitative estimate of drug-likeness (QED) is 0.506. The molecule has 2 aromatic carbocycles. The average Bonchev–Trinajstić information content (AvgIpc) is 2.72. The molecule has 0 spiro atoms. The molecule has 11 heteroatoms. The Morgan fingerprint density at radius 2 is 1.90 bits per heavy atom. The van der Waals surface area contributed by atoms with E-state index in [0.717, 1.165) is 0 Å². The predicted molar refractivity (Wildman–Crippen MR) is 119 cm³/mol. The van der Waals surface area contributed by atoms with Crippen molar-refractivity contribution in [2.75, 3.05) is 27.8 Å². The standard InChI is InChI=1S/C19H22ClN3O5S2/c1-21-19(29)23-30(25,26)16-11-12(7-8-15(16)27-2)9-10-22-18(24)13-5-4-6-14(20)17(13)28-3/h4-8,11H,9-10H2,1-3H3,(H,22,24)(H2,21,23,29). The van der Waals surface area contributed by atoms with Crippen LogP contribution < -0.4 is 24.8 Å². The molecule has 0 heterocycles. The average molecular weight is 472 g/mol. The molecule has 0 radical (unpaired) electrons. The molecule has 0 aliphatic carbocycles. The minimum Gasteiger partial charge on any atom is -0.495 e. The normalized spacial score (nSPS) is 10.8. The topological polar surface area (TPSA) is 106 Å². The van der Waals surface area contributed by atoms with Crippen LogP contribution in [-0.4, -0.2) is 47.2 Å². The highest BCUT2D eigenvalue weighted by Crippen LogP contribution is 2.28. The maximum absolute atomic E-state index is 12.6. The van der Waals surface area contributed by atoms with Crippen LogP contribution in [0.25, 0.3) is 0 Å². The summed E-state index contributed by atoms with van der Waals surface area (Å²) in [6, 6.07) is 9.64. The molecule has 162 valence electrons. The SMILES string of the molecule is CNC(=S)NS(=O)(=O)c1cc(CCNC(=O)c2cccc(Cl)c2OC)ccc1OC. The Kier molecular flexibility index (Phi) is 8.27. The number of carbonyl (C=O) groups is 1. The number of sulfonamides is 1. The van der Waals surface area contributed by atoms with Gasteiger partial charge in [-0.1, -0.05) is 23.7 Å². The fourth-order valence-electron chi connectivity index (χ4n) is 2.63. The Labute approximate surface area is 186 Å². The summed E-state index contributed by atoms with van der Waals surface area (Å²) < 4.78 is 37.8. The van der Waals surface area contributed by atoms with Gasteiger partial charge in [0, 0.05) is 13.6 Å². The van der Waals surface area contributed by atoms with Crippen LogP contribution in [0, 0.1) is 0 Å². The lowest BCUT2D eigenvalue weighted by Crippen LogP contribution is -2.37. The van der Waals surface area contributed by atoms with Crippen LogP contribution in [-0.2, 0) is 16.4 Å². The molecule has 0 saturated carbocycles. The summed E-state index contributed by atoms with van der Waals surface area (Å²) >= 11 is 10.9. The first-order valence-corrected chi connectivity index (χ1v) is 11.0. The largest absolute Gasteiger partial charge is 0.495 e. The van der Waals surface area contributed by atoms with Gasteiger partial charge in [-0.05, 0) is 48.5 Å². The van der Waals surface area contributed by atoms with E-state index < -0.39 is 10.0 Å². The molecule has 8 nitrogen and oxygen atoms in total. The maximum atomic E-state index is 12.6. The molecule has 30 heavy (non-hydrogen) atoms. The van der Waals surface area contributed by atoms with Gasteiger partial charge in [0.25, 0.3) is 15.9 Å². The van der Waals surface area contributed by atoms with Crippen molar-refractivity contribution in [2.24, 2.45) is 0 Å². The molecule has 0 unspecified atom stereocenters. The molecular weight excluding hydrogens is 450 g/mol. The molecule has 0 atom stereocenters. The highest BCUT2D eigenvalue weighted by atomic mass is 35.5. The summed E-state index contributed by atoms with van der Waals surface area (Å²) in [5.74, 6) is 0.121. The molecule has 0 aromatic heterocycles. The fourth-order valence-corrected chi connectivity index (χ4v) is 4.39. The molecule has 2 rings (SSSR count). The molecular formula is C19H22ClN3O5S2. The highest BCUT2D eigenvalue weighted by molar-refractivity contribution is 7.92. The smallest absolute Gasteiger partial charge is 0.267 e. The van der Waals surface area contributed by atoms with Gasteiger partial charge in [-0.2, -0.15) is 0 Å². The number of ether oxygens (including phenoxy) is 2. The van der Waals surface area contributed by atoms with Crippen molar-refractivity contribution >= 4 is 44.9 Å². The van der Waals surface area contributed by atoms with E-state index in [1.807, 2.05) is 0 Å². The minimum absolute atomic E-state index is 0.0369. The van der Waals surface area contributed by atoms with E-state index in [1.165, 1.54) is 27.3 Å². The van der Waals surface area contributed by atoms with E-state index in [-0.39, 0.29) is 28.2 Å². The van der Waals surface area contributed by atoms with Crippen LogP contribution in [0.3, 0.4) is 0 Å². The van der Waals surface area contributed by atoms with Gasteiger partial charge in [0.15, 0.2) is 5.11 Å². The van der Waals surface area contributed by atoms with Crippen molar-refractivity contribution in [2.45, 2.75) is 11.3 Å². The first-order chi connectivity index (χ1) is 14.2. The lowest BCUT2D eigenvalue weighted by molar-refractivity contribution is 0.0951. The van der Waals surface area contributed by atoms with Crippen LogP contribution in [0.4, 0.5) is 0 Å². The number of hydrogen-bond acceptors (Lipinski definition) is 6. The summed E-state index contributed by atoms with van der Waals surface area (Å²) in [6.07, 6.45) is 0.387. The zero-order valence-corrected chi connectivity index (χ0v) is 19.0. The number of amides is 1. The van der Waals surface area contributed by atoms with E-state index in [9.17, 15) is 13.2 Å². The van der Waals surface area contributed by atoms with Crippen molar-refractivity contribution < 1.29 is 22.7 Å². The summed E-state index contributed by atoms with van der Waals surface area (Å²) in [6.45, 7) is 0.267. The number of carbonyl (C=O) groups excluding carboxylic acids is 1. The van der Waals surface area contributed by atoms with Crippen molar-refractivity contribution in [3.05, 3.63) is 52.5 Å². The number of nitrogens with one attached hydrogen (secondary N) is 3. The summed E-state index contributed by atoms with van der Waals surface area (Å²) in [7, 11) is 0.391. The summed E-state index contributed by atoms with van der Waals surface area (Å²) in [4.78, 5) is 12.4. The van der Waals surface area contributed by atoms with E-state index in [1.54, 1.807) is 30.3 Å². The number of thiocarbonyl (C=S) groups is 1. The number of hydrogen-bond donors (Lipinski definition) is 3. The van der Waals surface area contributed by atoms with Gasteiger partial charge in [0.2, 0.25) is 0 Å². The summed E-state index contributed by atoms with van der Waals surface area (Å²) in [5.41, 5.74) is 0.998. The predicted octanol–water partition coefficient (Wildman–Crippen LogP) is 2.11. The van der Waals surface area contributed by atoms with Crippen molar-refractivity contribution in [3.63, 3.8) is 0 Å². The Morgan fingerprint density at radius 1 is 1.17 bits per heavy atom. The highest BCUT2D eigenvalue weighted by Gasteiger charge is 2.21. The van der Waals surface area contributed by atoms with Crippen LogP contribution >= 0.6 is 23.8 Å². The van der Waals surface area contributed by atoms with Crippen molar-refractivity contribution in [1.82, 2.24) is 15.4 Å². The molecule has 2 aromatic rings. The molecule has 0 saturated heterocycles. The lowest BCUT2D eigenvalue weighted by Gasteiger charge is -2.14. The molecule has 0 bridgehead atoms. The number of methoxy groups -OCH3 is 2. The Balaban J connectivity index is 2.14. The minimum atomic E-state index is -3.93. The van der Waals surface area contributed by atoms with Crippen LogP contribution in [0.5, 0.6) is 11.5 Å². The second kappa shape index (κ2) is 10.5. The molecule has 0 aliphatic heterocycles. The molecule has 0 aliphatic rings. The summed E-state index contributed by atoms with van der Waals surface area (Å²) in [5, 5.41) is 5.62. The Hall–Kier alpha value is -2.56. The number of para-hydroxylation sites is 1. The lowest BCUT2D eigenvalue weighted by atomic mass is 10.1. The van der Waals surface area contributed by atoms with Gasteiger partial charge in [-0.25, -0.2) is 8.42 Å².